The fourth-order valence-electron chi connectivity index (χ4n) is 1.45. The number of hydrogen-bond acceptors (Lipinski definition) is 2. The zero-order valence-corrected chi connectivity index (χ0v) is 7.87. The van der Waals surface area contributed by atoms with Crippen molar-refractivity contribution < 1.29 is 4.79 Å². The molecular formula is C10H11N3O. The molecule has 1 amide bonds. The Kier molecular flexibility index (Phi) is 1.96. The molecule has 2 rings (SSSR count). The minimum atomic E-state index is -0.440. The van der Waals surface area contributed by atoms with E-state index in [0.29, 0.717) is 11.1 Å². The third-order valence-corrected chi connectivity index (χ3v) is 2.16. The van der Waals surface area contributed by atoms with Gasteiger partial charge in [0.2, 0.25) is 0 Å². The molecule has 2 aromatic rings. The number of hydrogen-bond donors (Lipinski definition) is 2. The molecule has 0 aliphatic heterocycles. The molecule has 3 N–H and O–H groups in total. The highest BCUT2D eigenvalue weighted by Gasteiger charge is 2.09. The van der Waals surface area contributed by atoms with Gasteiger partial charge in [0, 0.05) is 6.42 Å². The van der Waals surface area contributed by atoms with E-state index in [9.17, 15) is 4.79 Å². The fraction of sp³-hybridized carbons (Fsp3) is 0.200. The van der Waals surface area contributed by atoms with Crippen LogP contribution in [0.4, 0.5) is 0 Å². The van der Waals surface area contributed by atoms with Crippen molar-refractivity contribution in [1.29, 1.82) is 0 Å². The first-order valence-corrected chi connectivity index (χ1v) is 4.49. The summed E-state index contributed by atoms with van der Waals surface area (Å²) in [6, 6.07) is 5.36. The second-order valence-corrected chi connectivity index (χ2v) is 3.10. The number of aromatic amines is 1. The molecule has 0 spiro atoms. The maximum absolute atomic E-state index is 11.1. The van der Waals surface area contributed by atoms with Crippen molar-refractivity contribution in [1.82, 2.24) is 9.97 Å². The summed E-state index contributed by atoms with van der Waals surface area (Å²) in [4.78, 5) is 18.5. The molecule has 1 heterocycles. The number of primary amides is 1. The zero-order chi connectivity index (χ0) is 10.1. The van der Waals surface area contributed by atoms with Crippen molar-refractivity contribution in [2.45, 2.75) is 13.3 Å². The van der Waals surface area contributed by atoms with Crippen molar-refractivity contribution in [2.75, 3.05) is 0 Å². The van der Waals surface area contributed by atoms with Gasteiger partial charge in [-0.05, 0) is 12.1 Å². The van der Waals surface area contributed by atoms with Crippen LogP contribution in [0.3, 0.4) is 0 Å². The summed E-state index contributed by atoms with van der Waals surface area (Å²) in [7, 11) is 0. The maximum atomic E-state index is 11.1. The molecule has 4 heteroatoms. The number of rotatable bonds is 2. The average Bonchev–Trinajstić information content (AvgIpc) is 2.59. The minimum absolute atomic E-state index is 0.440. The number of benzene rings is 1. The number of fused-ring (bicyclic) bond motifs is 1. The van der Waals surface area contributed by atoms with Crippen LogP contribution in [0, 0.1) is 0 Å². The molecule has 14 heavy (non-hydrogen) atoms. The Morgan fingerprint density at radius 3 is 3.00 bits per heavy atom. The van der Waals surface area contributed by atoms with Gasteiger partial charge < -0.3 is 10.7 Å². The SMILES string of the molecule is CCc1nc2c(C(N)=O)cccc2[nH]1. The molecule has 0 atom stereocenters. The van der Waals surface area contributed by atoms with Gasteiger partial charge in [-0.1, -0.05) is 13.0 Å². The van der Waals surface area contributed by atoms with Crippen LogP contribution < -0.4 is 5.73 Å². The monoisotopic (exact) mass is 189 g/mol. The Bertz CT molecular complexity index is 487. The maximum Gasteiger partial charge on any atom is 0.250 e. The Balaban J connectivity index is 2.73. The summed E-state index contributed by atoms with van der Waals surface area (Å²) < 4.78 is 0. The summed E-state index contributed by atoms with van der Waals surface area (Å²) in [5.74, 6) is 0.429. The van der Waals surface area contributed by atoms with Crippen LogP contribution in [0.25, 0.3) is 11.0 Å². The first-order valence-electron chi connectivity index (χ1n) is 4.49. The lowest BCUT2D eigenvalue weighted by atomic mass is 10.2. The molecular weight excluding hydrogens is 178 g/mol. The lowest BCUT2D eigenvalue weighted by Crippen LogP contribution is -2.11. The third-order valence-electron chi connectivity index (χ3n) is 2.16. The van der Waals surface area contributed by atoms with Gasteiger partial charge in [0.1, 0.15) is 11.3 Å². The summed E-state index contributed by atoms with van der Waals surface area (Å²) in [5, 5.41) is 0. The summed E-state index contributed by atoms with van der Waals surface area (Å²) in [6.07, 6.45) is 0.812. The molecule has 4 nitrogen and oxygen atoms in total. The summed E-state index contributed by atoms with van der Waals surface area (Å²) >= 11 is 0. The van der Waals surface area contributed by atoms with Crippen LogP contribution >= 0.6 is 0 Å². The molecule has 1 aromatic carbocycles. The molecule has 0 aliphatic rings. The van der Waals surface area contributed by atoms with E-state index in [2.05, 4.69) is 9.97 Å². The number of nitrogens with one attached hydrogen (secondary N) is 1. The predicted molar refractivity (Wildman–Crippen MR) is 54.0 cm³/mol. The van der Waals surface area contributed by atoms with Crippen molar-refractivity contribution in [3.8, 4) is 0 Å². The average molecular weight is 189 g/mol. The number of nitrogens with two attached hydrogens (primary N) is 1. The van der Waals surface area contributed by atoms with Crippen LogP contribution in [0.15, 0.2) is 18.2 Å². The zero-order valence-electron chi connectivity index (χ0n) is 7.87. The highest BCUT2D eigenvalue weighted by atomic mass is 16.1. The van der Waals surface area contributed by atoms with Crippen molar-refractivity contribution >= 4 is 16.9 Å². The number of aryl methyl sites for hydroxylation is 1. The number of carbonyl (C=O) groups is 1. The molecule has 1 aromatic heterocycles. The van der Waals surface area contributed by atoms with Gasteiger partial charge in [0.15, 0.2) is 0 Å². The van der Waals surface area contributed by atoms with Crippen LogP contribution in [0.1, 0.15) is 23.1 Å². The van der Waals surface area contributed by atoms with Gasteiger partial charge in [-0.3, -0.25) is 4.79 Å². The number of imidazole rings is 1. The van der Waals surface area contributed by atoms with Gasteiger partial charge in [0.25, 0.3) is 5.91 Å². The topological polar surface area (TPSA) is 71.8 Å². The predicted octanol–water partition coefficient (Wildman–Crippen LogP) is 1.22. The number of aromatic nitrogens is 2. The van der Waals surface area contributed by atoms with Gasteiger partial charge in [-0.15, -0.1) is 0 Å². The molecule has 0 fully saturated rings. The second-order valence-electron chi connectivity index (χ2n) is 3.10. The van der Waals surface area contributed by atoms with Crippen molar-refractivity contribution in [2.24, 2.45) is 5.73 Å². The Morgan fingerprint density at radius 1 is 1.57 bits per heavy atom. The van der Waals surface area contributed by atoms with E-state index in [4.69, 9.17) is 5.73 Å². The van der Waals surface area contributed by atoms with Crippen LogP contribution in [-0.4, -0.2) is 15.9 Å². The summed E-state index contributed by atoms with van der Waals surface area (Å²) in [6.45, 7) is 2.00. The quantitative estimate of drug-likeness (QED) is 0.745. The lowest BCUT2D eigenvalue weighted by molar-refractivity contribution is 0.100. The summed E-state index contributed by atoms with van der Waals surface area (Å²) in [5.41, 5.74) is 7.23. The number of nitrogens with zero attached hydrogens (tertiary/aromatic N) is 1. The van der Waals surface area contributed by atoms with Crippen molar-refractivity contribution in [3.63, 3.8) is 0 Å². The van der Waals surface area contributed by atoms with E-state index < -0.39 is 5.91 Å². The highest BCUT2D eigenvalue weighted by molar-refractivity contribution is 6.03. The number of H-pyrrole nitrogens is 1. The molecule has 0 saturated heterocycles. The first kappa shape index (κ1) is 8.74. The standard InChI is InChI=1S/C10H11N3O/c1-2-8-12-7-5-3-4-6(10(11)14)9(7)13-8/h3-5H,2H2,1H3,(H2,11,14)(H,12,13). The Hall–Kier alpha value is -1.84. The molecule has 0 bridgehead atoms. The van der Waals surface area contributed by atoms with E-state index in [1.165, 1.54) is 0 Å². The third kappa shape index (κ3) is 1.25. The van der Waals surface area contributed by atoms with Crippen LogP contribution in [0.5, 0.6) is 0 Å². The molecule has 0 saturated carbocycles. The smallest absolute Gasteiger partial charge is 0.250 e. The van der Waals surface area contributed by atoms with E-state index >= 15 is 0 Å². The first-order chi connectivity index (χ1) is 6.72. The minimum Gasteiger partial charge on any atom is -0.366 e. The number of carbonyl (C=O) groups excluding carboxylic acids is 1. The van der Waals surface area contributed by atoms with Gasteiger partial charge in [-0.25, -0.2) is 4.98 Å². The fourth-order valence-corrected chi connectivity index (χ4v) is 1.45. The van der Waals surface area contributed by atoms with E-state index in [1.54, 1.807) is 12.1 Å². The van der Waals surface area contributed by atoms with Crippen molar-refractivity contribution in [3.05, 3.63) is 29.6 Å². The molecule has 0 radical (unpaired) electrons. The second kappa shape index (κ2) is 3.14. The number of amides is 1. The number of para-hydroxylation sites is 1. The van der Waals surface area contributed by atoms with E-state index in [-0.39, 0.29) is 0 Å². The van der Waals surface area contributed by atoms with Crippen LogP contribution in [0.2, 0.25) is 0 Å². The van der Waals surface area contributed by atoms with Gasteiger partial charge in [-0.2, -0.15) is 0 Å². The Labute approximate surface area is 81.1 Å². The highest BCUT2D eigenvalue weighted by Crippen LogP contribution is 2.16. The van der Waals surface area contributed by atoms with Crippen LogP contribution in [-0.2, 0) is 6.42 Å². The van der Waals surface area contributed by atoms with E-state index in [0.717, 1.165) is 17.8 Å². The molecule has 0 aliphatic carbocycles. The lowest BCUT2D eigenvalue weighted by Gasteiger charge is -1.94. The van der Waals surface area contributed by atoms with E-state index in [1.807, 2.05) is 13.0 Å². The largest absolute Gasteiger partial charge is 0.366 e. The van der Waals surface area contributed by atoms with Gasteiger partial charge >= 0.3 is 0 Å². The van der Waals surface area contributed by atoms with Gasteiger partial charge in [0.05, 0.1) is 11.1 Å². The molecule has 72 valence electrons. The normalized spacial score (nSPS) is 10.6. The Morgan fingerprint density at radius 2 is 2.36 bits per heavy atom. The molecule has 0 unspecified atom stereocenters.